The molecule has 7 heteroatoms. The molecule has 6 nitrogen and oxygen atoms in total. The van der Waals surface area contributed by atoms with Crippen molar-refractivity contribution in [3.05, 3.63) is 41.0 Å². The Bertz CT molecular complexity index is 1290. The Morgan fingerprint density at radius 2 is 1.72 bits per heavy atom. The summed E-state index contributed by atoms with van der Waals surface area (Å²) in [7, 11) is 0. The first-order valence-electron chi connectivity index (χ1n) is 11.6. The highest BCUT2D eigenvalue weighted by atomic mass is 32.2. The lowest BCUT2D eigenvalue weighted by atomic mass is 9.88. The van der Waals surface area contributed by atoms with Crippen LogP contribution in [-0.4, -0.2) is 56.9 Å². The van der Waals surface area contributed by atoms with Crippen molar-refractivity contribution in [1.29, 1.82) is 5.26 Å². The van der Waals surface area contributed by atoms with Gasteiger partial charge in [-0.3, -0.25) is 9.39 Å². The fourth-order valence-electron chi connectivity index (χ4n) is 5.40. The quantitative estimate of drug-likeness (QED) is 0.562. The number of piperazine rings is 1. The zero-order chi connectivity index (χ0) is 21.9. The van der Waals surface area contributed by atoms with Gasteiger partial charge in [-0.2, -0.15) is 5.26 Å². The van der Waals surface area contributed by atoms with Crippen LogP contribution in [0.3, 0.4) is 0 Å². The van der Waals surface area contributed by atoms with Gasteiger partial charge in [0.2, 0.25) is 0 Å². The first kappa shape index (κ1) is 19.9. The minimum Gasteiger partial charge on any atom is -0.354 e. The third-order valence-corrected chi connectivity index (χ3v) is 8.21. The zero-order valence-corrected chi connectivity index (χ0v) is 19.6. The van der Waals surface area contributed by atoms with E-state index in [4.69, 9.17) is 9.98 Å². The van der Waals surface area contributed by atoms with Gasteiger partial charge in [-0.25, -0.2) is 4.98 Å². The first-order valence-corrected chi connectivity index (χ1v) is 12.5. The average molecular weight is 445 g/mol. The number of para-hydroxylation sites is 2. The Kier molecular flexibility index (Phi) is 4.62. The van der Waals surface area contributed by atoms with E-state index in [1.807, 2.05) is 17.8 Å². The second-order valence-corrected chi connectivity index (χ2v) is 11.3. The maximum Gasteiger partial charge on any atom is 0.159 e. The number of thioether (sulfide) groups is 1. The molecule has 0 atom stereocenters. The lowest BCUT2D eigenvalue weighted by Gasteiger charge is -2.39. The first-order chi connectivity index (χ1) is 15.6. The van der Waals surface area contributed by atoms with Crippen LogP contribution < -0.4 is 4.90 Å². The number of hydrogen-bond acceptors (Lipinski definition) is 6. The summed E-state index contributed by atoms with van der Waals surface area (Å²) in [6, 6.07) is 10.8. The third kappa shape index (κ3) is 3.07. The minimum atomic E-state index is 0.209. The number of aromatic nitrogens is 2. The van der Waals surface area contributed by atoms with E-state index in [-0.39, 0.29) is 4.75 Å². The van der Waals surface area contributed by atoms with Crippen molar-refractivity contribution >= 4 is 39.4 Å². The van der Waals surface area contributed by atoms with Crippen LogP contribution in [0.25, 0.3) is 16.7 Å². The number of pyridine rings is 1. The monoisotopic (exact) mass is 444 g/mol. The van der Waals surface area contributed by atoms with Crippen LogP contribution in [0.2, 0.25) is 0 Å². The third-order valence-electron chi connectivity index (χ3n) is 6.96. The summed E-state index contributed by atoms with van der Waals surface area (Å²) in [5.41, 5.74) is 6.26. The van der Waals surface area contributed by atoms with Crippen molar-refractivity contribution < 1.29 is 0 Å². The van der Waals surface area contributed by atoms with Crippen LogP contribution in [0.15, 0.2) is 29.3 Å². The van der Waals surface area contributed by atoms with Crippen LogP contribution in [0.5, 0.6) is 0 Å². The molecular formula is C25H28N6S. The van der Waals surface area contributed by atoms with Crippen LogP contribution in [-0.2, 0) is 12.8 Å². The summed E-state index contributed by atoms with van der Waals surface area (Å²) in [6.45, 7) is 9.32. The van der Waals surface area contributed by atoms with Crippen molar-refractivity contribution in [2.24, 2.45) is 4.99 Å². The number of nitrogens with zero attached hydrogens (tertiary/aromatic N) is 6. The molecule has 1 aromatic carbocycles. The number of hydrogen-bond donors (Lipinski definition) is 0. The van der Waals surface area contributed by atoms with Gasteiger partial charge in [0, 0.05) is 30.9 Å². The summed E-state index contributed by atoms with van der Waals surface area (Å²) in [6.07, 6.45) is 4.36. The van der Waals surface area contributed by atoms with Crippen molar-refractivity contribution in [3.63, 3.8) is 0 Å². The van der Waals surface area contributed by atoms with Crippen LogP contribution in [0, 0.1) is 11.3 Å². The normalized spacial score (nSPS) is 20.5. The van der Waals surface area contributed by atoms with E-state index in [9.17, 15) is 5.26 Å². The maximum atomic E-state index is 10.1. The van der Waals surface area contributed by atoms with Gasteiger partial charge in [-0.05, 0) is 62.8 Å². The lowest BCUT2D eigenvalue weighted by molar-refractivity contribution is 0.390. The summed E-state index contributed by atoms with van der Waals surface area (Å²) >= 11 is 1.91. The lowest BCUT2D eigenvalue weighted by Crippen LogP contribution is -2.49. The zero-order valence-electron chi connectivity index (χ0n) is 18.8. The van der Waals surface area contributed by atoms with Gasteiger partial charge in [-0.15, -0.1) is 0 Å². The Morgan fingerprint density at radius 3 is 2.44 bits per heavy atom. The number of nitriles is 1. The van der Waals surface area contributed by atoms with E-state index < -0.39 is 0 Å². The Balaban J connectivity index is 1.45. The van der Waals surface area contributed by atoms with Crippen molar-refractivity contribution in [2.45, 2.75) is 44.3 Å². The SMILES string of the molecule is CC1(C)CN=C(N2CCN(c3c4c(c(C#N)c5nc6ccccc6n35)CCCC4)CC2)S1. The molecule has 1 aliphatic carbocycles. The van der Waals surface area contributed by atoms with Gasteiger partial charge in [-0.1, -0.05) is 23.9 Å². The molecule has 0 saturated carbocycles. The predicted molar refractivity (Wildman–Crippen MR) is 132 cm³/mol. The smallest absolute Gasteiger partial charge is 0.159 e. The molecule has 32 heavy (non-hydrogen) atoms. The number of amidine groups is 1. The molecule has 2 aliphatic heterocycles. The molecule has 0 amide bonds. The topological polar surface area (TPSA) is 59.9 Å². The van der Waals surface area contributed by atoms with Gasteiger partial charge in [0.25, 0.3) is 0 Å². The summed E-state index contributed by atoms with van der Waals surface area (Å²) in [5, 5.41) is 11.3. The van der Waals surface area contributed by atoms with Gasteiger partial charge in [0.15, 0.2) is 10.8 Å². The second kappa shape index (κ2) is 7.41. The Hall–Kier alpha value is -2.72. The van der Waals surface area contributed by atoms with Gasteiger partial charge >= 0.3 is 0 Å². The largest absolute Gasteiger partial charge is 0.354 e. The van der Waals surface area contributed by atoms with E-state index in [1.165, 1.54) is 28.5 Å². The molecule has 0 radical (unpaired) electrons. The molecule has 4 heterocycles. The summed E-state index contributed by atoms with van der Waals surface area (Å²) in [4.78, 5) is 14.7. The van der Waals surface area contributed by atoms with E-state index >= 15 is 0 Å². The average Bonchev–Trinajstić information content (AvgIpc) is 3.37. The highest BCUT2D eigenvalue weighted by molar-refractivity contribution is 8.15. The van der Waals surface area contributed by atoms with Gasteiger partial charge in [0.05, 0.1) is 23.1 Å². The molecule has 1 saturated heterocycles. The highest BCUT2D eigenvalue weighted by Crippen LogP contribution is 2.38. The molecule has 0 spiro atoms. The van der Waals surface area contributed by atoms with Crippen LogP contribution in [0.4, 0.5) is 5.82 Å². The summed E-state index contributed by atoms with van der Waals surface area (Å²) < 4.78 is 2.49. The fraction of sp³-hybridized carbons (Fsp3) is 0.480. The predicted octanol–water partition coefficient (Wildman–Crippen LogP) is 4.24. The Labute approximate surface area is 192 Å². The van der Waals surface area contributed by atoms with Crippen LogP contribution >= 0.6 is 11.8 Å². The number of fused-ring (bicyclic) bond motifs is 4. The number of benzene rings is 1. The van der Waals surface area contributed by atoms with Crippen molar-refractivity contribution in [1.82, 2.24) is 14.3 Å². The van der Waals surface area contributed by atoms with Gasteiger partial charge < -0.3 is 9.80 Å². The molecule has 3 aliphatic rings. The maximum absolute atomic E-state index is 10.1. The molecule has 3 aromatic rings. The molecule has 0 unspecified atom stereocenters. The second-order valence-electron chi connectivity index (χ2n) is 9.67. The van der Waals surface area contributed by atoms with E-state index in [2.05, 4.69) is 52.3 Å². The molecule has 1 fully saturated rings. The standard InChI is InChI=1S/C25H28N6S/c1-25(2)16-27-24(32-25)30-13-11-29(12-14-30)23-18-8-4-3-7-17(18)19(15-26)22-28-20-9-5-6-10-21(20)31(22)23/h5-6,9-10H,3-4,7-8,11-14,16H2,1-2H3. The molecular weight excluding hydrogens is 416 g/mol. The summed E-state index contributed by atoms with van der Waals surface area (Å²) in [5.74, 6) is 1.27. The fourth-order valence-corrected chi connectivity index (χ4v) is 6.46. The molecule has 0 N–H and O–H groups in total. The number of imidazole rings is 1. The van der Waals surface area contributed by atoms with E-state index in [0.717, 1.165) is 74.2 Å². The number of aliphatic imine (C=N–C) groups is 1. The van der Waals surface area contributed by atoms with Gasteiger partial charge in [0.1, 0.15) is 11.9 Å². The Morgan fingerprint density at radius 1 is 1.00 bits per heavy atom. The molecule has 164 valence electrons. The highest BCUT2D eigenvalue weighted by Gasteiger charge is 2.33. The van der Waals surface area contributed by atoms with Crippen molar-refractivity contribution in [2.75, 3.05) is 37.6 Å². The minimum absolute atomic E-state index is 0.209. The van der Waals surface area contributed by atoms with Crippen LogP contribution in [0.1, 0.15) is 43.4 Å². The van der Waals surface area contributed by atoms with Crippen molar-refractivity contribution in [3.8, 4) is 6.07 Å². The van der Waals surface area contributed by atoms with E-state index in [1.54, 1.807) is 0 Å². The number of rotatable bonds is 1. The molecule has 2 aromatic heterocycles. The molecule has 0 bridgehead atoms. The van der Waals surface area contributed by atoms with E-state index in [0.29, 0.717) is 0 Å². The molecule has 6 rings (SSSR count). The number of anilines is 1.